The van der Waals surface area contributed by atoms with Gasteiger partial charge in [0, 0.05) is 16.3 Å². The highest BCUT2D eigenvalue weighted by molar-refractivity contribution is 7.99. The van der Waals surface area contributed by atoms with Crippen LogP contribution in [0.1, 0.15) is 17.7 Å². The Bertz CT molecular complexity index is 614. The van der Waals surface area contributed by atoms with Crippen molar-refractivity contribution in [2.45, 2.75) is 17.3 Å². The Morgan fingerprint density at radius 3 is 2.83 bits per heavy atom. The van der Waals surface area contributed by atoms with Gasteiger partial charge in [0.1, 0.15) is 5.82 Å². The van der Waals surface area contributed by atoms with E-state index >= 15 is 0 Å². The summed E-state index contributed by atoms with van der Waals surface area (Å²) in [5.41, 5.74) is 6.27. The normalized spacial score (nSPS) is 12.3. The molecular weight excluding hydrogens is 270 g/mol. The second kappa shape index (κ2) is 5.46. The first-order chi connectivity index (χ1) is 8.56. The van der Waals surface area contributed by atoms with E-state index in [1.54, 1.807) is 0 Å². The van der Waals surface area contributed by atoms with Crippen LogP contribution in [0.5, 0.6) is 0 Å². The van der Waals surface area contributed by atoms with Crippen LogP contribution < -0.4 is 11.3 Å². The van der Waals surface area contributed by atoms with Gasteiger partial charge in [-0.1, -0.05) is 41.6 Å². The topological polar surface area (TPSA) is 71.8 Å². The number of H-pyrrole nitrogens is 1. The number of hydrogen-bond acceptors (Lipinski definition) is 4. The number of nitrogens with one attached hydrogen (secondary N) is 1. The zero-order valence-corrected chi connectivity index (χ0v) is 11.3. The molecule has 0 radical (unpaired) electrons. The molecule has 3 N–H and O–H groups in total. The molecule has 0 amide bonds. The molecule has 4 nitrogen and oxygen atoms in total. The number of thioether (sulfide) groups is 1. The van der Waals surface area contributed by atoms with E-state index in [2.05, 4.69) is 9.97 Å². The quantitative estimate of drug-likeness (QED) is 0.670. The minimum absolute atomic E-state index is 0.0728. The molecule has 0 saturated carbocycles. The van der Waals surface area contributed by atoms with Gasteiger partial charge in [-0.3, -0.25) is 4.79 Å². The number of aromatic nitrogens is 2. The fraction of sp³-hybridized carbons (Fsp3) is 0.167. The van der Waals surface area contributed by atoms with E-state index in [4.69, 9.17) is 17.3 Å². The van der Waals surface area contributed by atoms with Crippen LogP contribution in [0.25, 0.3) is 0 Å². The van der Waals surface area contributed by atoms with Crippen LogP contribution in [0.2, 0.25) is 5.02 Å². The summed E-state index contributed by atoms with van der Waals surface area (Å²) in [5.74, 6) is 0.215. The van der Waals surface area contributed by atoms with Crippen molar-refractivity contribution >= 4 is 29.2 Å². The summed E-state index contributed by atoms with van der Waals surface area (Å²) in [5, 5.41) is 1.26. The summed E-state index contributed by atoms with van der Waals surface area (Å²) in [6.45, 7) is 2.00. The molecular formula is C12H12ClN3OS. The Balaban J connectivity index is 2.24. The van der Waals surface area contributed by atoms with Crippen molar-refractivity contribution in [2.75, 3.05) is 5.73 Å². The monoisotopic (exact) mass is 281 g/mol. The Labute approximate surface area is 114 Å². The van der Waals surface area contributed by atoms with Crippen molar-refractivity contribution in [3.8, 4) is 0 Å². The molecule has 0 bridgehead atoms. The molecule has 0 spiro atoms. The second-order valence-corrected chi connectivity index (χ2v) is 5.49. The maximum Gasteiger partial charge on any atom is 0.253 e. The standard InChI is InChI=1S/C12H12ClN3OS/c1-7(8-4-2-3-5-9(8)13)18-12-15-10(14)6-11(17)16-12/h2-7H,1H3,(H3,14,15,16,17)/t7-/m1/s1. The molecule has 18 heavy (non-hydrogen) atoms. The lowest BCUT2D eigenvalue weighted by Crippen LogP contribution is -2.09. The Morgan fingerprint density at radius 2 is 2.17 bits per heavy atom. The molecule has 0 unspecified atom stereocenters. The van der Waals surface area contributed by atoms with Gasteiger partial charge in [-0.2, -0.15) is 0 Å². The van der Waals surface area contributed by atoms with Gasteiger partial charge in [0.2, 0.25) is 0 Å². The average molecular weight is 282 g/mol. The number of nitrogen functional groups attached to an aromatic ring is 1. The number of hydrogen-bond donors (Lipinski definition) is 2. The Kier molecular flexibility index (Phi) is 3.93. The molecule has 2 rings (SSSR count). The van der Waals surface area contributed by atoms with Gasteiger partial charge >= 0.3 is 0 Å². The van der Waals surface area contributed by atoms with Crippen molar-refractivity contribution in [3.63, 3.8) is 0 Å². The lowest BCUT2D eigenvalue weighted by atomic mass is 10.2. The van der Waals surface area contributed by atoms with Crippen LogP contribution in [-0.4, -0.2) is 9.97 Å². The molecule has 0 saturated heterocycles. The van der Waals surface area contributed by atoms with Crippen LogP contribution in [-0.2, 0) is 0 Å². The molecule has 1 aromatic heterocycles. The first-order valence-corrected chi connectivity index (χ1v) is 6.60. The van der Waals surface area contributed by atoms with E-state index in [0.717, 1.165) is 5.56 Å². The molecule has 0 aliphatic carbocycles. The van der Waals surface area contributed by atoms with E-state index in [9.17, 15) is 4.79 Å². The van der Waals surface area contributed by atoms with Gasteiger partial charge in [0.05, 0.1) is 0 Å². The van der Waals surface area contributed by atoms with Gasteiger partial charge < -0.3 is 10.7 Å². The number of benzene rings is 1. The van der Waals surface area contributed by atoms with Crippen molar-refractivity contribution < 1.29 is 0 Å². The molecule has 1 aromatic carbocycles. The largest absolute Gasteiger partial charge is 0.383 e. The van der Waals surface area contributed by atoms with E-state index in [0.29, 0.717) is 10.2 Å². The molecule has 0 fully saturated rings. The van der Waals surface area contributed by atoms with E-state index in [-0.39, 0.29) is 16.6 Å². The fourth-order valence-corrected chi connectivity index (χ4v) is 2.89. The second-order valence-electron chi connectivity index (χ2n) is 3.76. The number of aromatic amines is 1. The van der Waals surface area contributed by atoms with Gasteiger partial charge in [-0.05, 0) is 18.6 Å². The van der Waals surface area contributed by atoms with Crippen LogP contribution in [0.4, 0.5) is 5.82 Å². The van der Waals surface area contributed by atoms with Crippen LogP contribution in [0.3, 0.4) is 0 Å². The maximum absolute atomic E-state index is 11.3. The molecule has 1 heterocycles. The molecule has 6 heteroatoms. The summed E-state index contributed by atoms with van der Waals surface area (Å²) < 4.78 is 0. The highest BCUT2D eigenvalue weighted by atomic mass is 35.5. The molecule has 1 atom stereocenters. The first kappa shape index (κ1) is 13.0. The Morgan fingerprint density at radius 1 is 1.44 bits per heavy atom. The molecule has 94 valence electrons. The van der Waals surface area contributed by atoms with Crippen molar-refractivity contribution in [3.05, 3.63) is 51.3 Å². The first-order valence-electron chi connectivity index (χ1n) is 5.34. The third-order valence-corrected chi connectivity index (χ3v) is 3.74. The SMILES string of the molecule is C[C@@H](Sc1nc(N)cc(=O)[nH]1)c1ccccc1Cl. The number of nitrogens with two attached hydrogens (primary N) is 1. The van der Waals surface area contributed by atoms with Gasteiger partial charge in [-0.25, -0.2) is 4.98 Å². The predicted molar refractivity (Wildman–Crippen MR) is 75.0 cm³/mol. The maximum atomic E-state index is 11.3. The minimum Gasteiger partial charge on any atom is -0.383 e. The highest BCUT2D eigenvalue weighted by Crippen LogP contribution is 2.35. The van der Waals surface area contributed by atoms with E-state index in [1.165, 1.54) is 17.8 Å². The van der Waals surface area contributed by atoms with E-state index in [1.807, 2.05) is 31.2 Å². The van der Waals surface area contributed by atoms with E-state index < -0.39 is 0 Å². The zero-order chi connectivity index (χ0) is 13.1. The van der Waals surface area contributed by atoms with Crippen LogP contribution in [0, 0.1) is 0 Å². The van der Waals surface area contributed by atoms with Gasteiger partial charge in [0.25, 0.3) is 5.56 Å². The number of anilines is 1. The number of rotatable bonds is 3. The highest BCUT2D eigenvalue weighted by Gasteiger charge is 2.12. The average Bonchev–Trinajstić information content (AvgIpc) is 2.27. The fourth-order valence-electron chi connectivity index (χ4n) is 1.54. The third kappa shape index (κ3) is 3.05. The van der Waals surface area contributed by atoms with Gasteiger partial charge in [-0.15, -0.1) is 0 Å². The van der Waals surface area contributed by atoms with Crippen LogP contribution in [0.15, 0.2) is 40.3 Å². The van der Waals surface area contributed by atoms with Gasteiger partial charge in [0.15, 0.2) is 5.16 Å². The lowest BCUT2D eigenvalue weighted by molar-refractivity contribution is 0.933. The predicted octanol–water partition coefficient (Wildman–Crippen LogP) is 2.86. The summed E-state index contributed by atoms with van der Waals surface area (Å²) in [4.78, 5) is 18.0. The Hall–Kier alpha value is -1.46. The molecule has 2 aromatic rings. The van der Waals surface area contributed by atoms with Crippen LogP contribution >= 0.6 is 23.4 Å². The molecule has 0 aliphatic heterocycles. The minimum atomic E-state index is -0.253. The van der Waals surface area contributed by atoms with Crippen molar-refractivity contribution in [1.29, 1.82) is 0 Å². The number of halogens is 1. The van der Waals surface area contributed by atoms with Crippen molar-refractivity contribution in [2.24, 2.45) is 0 Å². The summed E-state index contributed by atoms with van der Waals surface area (Å²) in [7, 11) is 0. The lowest BCUT2D eigenvalue weighted by Gasteiger charge is -2.12. The smallest absolute Gasteiger partial charge is 0.253 e. The summed E-state index contributed by atoms with van der Waals surface area (Å²) in [6.07, 6.45) is 0. The third-order valence-electron chi connectivity index (χ3n) is 2.37. The summed E-state index contributed by atoms with van der Waals surface area (Å²) in [6, 6.07) is 8.84. The number of nitrogens with zero attached hydrogens (tertiary/aromatic N) is 1. The van der Waals surface area contributed by atoms with Crippen molar-refractivity contribution in [1.82, 2.24) is 9.97 Å². The summed E-state index contributed by atoms with van der Waals surface area (Å²) >= 11 is 7.53. The molecule has 0 aliphatic rings. The zero-order valence-electron chi connectivity index (χ0n) is 9.68.